The summed E-state index contributed by atoms with van der Waals surface area (Å²) in [5.41, 5.74) is -1.57. The molecule has 1 aromatic rings. The van der Waals surface area contributed by atoms with Gasteiger partial charge in [0, 0.05) is 12.7 Å². The van der Waals surface area contributed by atoms with Crippen LogP contribution in [0.4, 0.5) is 13.2 Å². The van der Waals surface area contributed by atoms with Crippen molar-refractivity contribution in [2.24, 2.45) is 5.41 Å². The van der Waals surface area contributed by atoms with Crippen LogP contribution in [0.2, 0.25) is 0 Å². The van der Waals surface area contributed by atoms with Crippen molar-refractivity contribution in [3.8, 4) is 0 Å². The van der Waals surface area contributed by atoms with Gasteiger partial charge in [-0.05, 0) is 26.7 Å². The van der Waals surface area contributed by atoms with Crippen molar-refractivity contribution < 1.29 is 23.1 Å². The number of halogens is 3. The Labute approximate surface area is 109 Å². The minimum absolute atomic E-state index is 0.353. The van der Waals surface area contributed by atoms with E-state index in [-0.39, 0.29) is 0 Å². The van der Waals surface area contributed by atoms with Crippen molar-refractivity contribution in [2.75, 3.05) is 0 Å². The number of aromatic nitrogens is 2. The van der Waals surface area contributed by atoms with Gasteiger partial charge in [-0.2, -0.15) is 18.3 Å². The highest BCUT2D eigenvalue weighted by molar-refractivity contribution is 5.73. The molecule has 0 aliphatic rings. The summed E-state index contributed by atoms with van der Waals surface area (Å²) in [6.45, 7) is 3.61. The summed E-state index contributed by atoms with van der Waals surface area (Å²) >= 11 is 0. The first-order valence-corrected chi connectivity index (χ1v) is 5.96. The fraction of sp³-hybridized carbons (Fsp3) is 0.667. The molecule has 1 heterocycles. The van der Waals surface area contributed by atoms with Crippen molar-refractivity contribution in [2.45, 2.75) is 45.8 Å². The van der Waals surface area contributed by atoms with Gasteiger partial charge in [0.15, 0.2) is 0 Å². The summed E-state index contributed by atoms with van der Waals surface area (Å²) in [5, 5.41) is 12.5. The van der Waals surface area contributed by atoms with Crippen LogP contribution in [0.5, 0.6) is 0 Å². The van der Waals surface area contributed by atoms with Crippen molar-refractivity contribution in [1.82, 2.24) is 9.78 Å². The number of rotatable bonds is 6. The van der Waals surface area contributed by atoms with E-state index in [4.69, 9.17) is 5.11 Å². The number of aryl methyl sites for hydroxylation is 1. The van der Waals surface area contributed by atoms with Gasteiger partial charge in [-0.3, -0.25) is 9.48 Å². The normalized spacial score (nSPS) is 12.7. The molecule has 4 nitrogen and oxygen atoms in total. The van der Waals surface area contributed by atoms with Gasteiger partial charge in [0.25, 0.3) is 0 Å². The van der Waals surface area contributed by atoms with Gasteiger partial charge in [0.05, 0.1) is 17.2 Å². The zero-order valence-electron chi connectivity index (χ0n) is 10.9. The van der Waals surface area contributed by atoms with E-state index in [2.05, 4.69) is 5.10 Å². The van der Waals surface area contributed by atoms with Crippen LogP contribution in [0.1, 0.15) is 38.7 Å². The summed E-state index contributed by atoms with van der Waals surface area (Å²) in [7, 11) is 0. The number of carboxylic acids is 1. The molecule has 0 spiro atoms. The lowest BCUT2D eigenvalue weighted by Gasteiger charge is -2.18. The quantitative estimate of drug-likeness (QED) is 0.813. The molecule has 0 atom stereocenters. The number of hydrogen-bond acceptors (Lipinski definition) is 2. The Balaban J connectivity index is 2.38. The predicted octanol–water partition coefficient (Wildman–Crippen LogP) is 3.18. The van der Waals surface area contributed by atoms with Crippen LogP contribution in [-0.2, 0) is 17.5 Å². The molecule has 1 aromatic heterocycles. The molecule has 0 bridgehead atoms. The standard InChI is InChI=1S/C12H17F3N2O2/c1-11(2,10(18)19)5-3-4-6-17-8-9(7-16-17)12(13,14)15/h7-8H,3-6H2,1-2H3,(H,18,19). The summed E-state index contributed by atoms with van der Waals surface area (Å²) in [6.07, 6.45) is -0.918. The first kappa shape index (κ1) is 15.5. The zero-order chi connectivity index (χ0) is 14.7. The van der Waals surface area contributed by atoms with Gasteiger partial charge >= 0.3 is 12.1 Å². The third-order valence-electron chi connectivity index (χ3n) is 2.98. The van der Waals surface area contributed by atoms with Crippen LogP contribution in [0.25, 0.3) is 0 Å². The smallest absolute Gasteiger partial charge is 0.419 e. The number of unbranched alkanes of at least 4 members (excludes halogenated alkanes) is 1. The van der Waals surface area contributed by atoms with Crippen molar-refractivity contribution >= 4 is 5.97 Å². The first-order chi connectivity index (χ1) is 8.63. The largest absolute Gasteiger partial charge is 0.481 e. The van der Waals surface area contributed by atoms with E-state index in [0.717, 1.165) is 12.4 Å². The maximum atomic E-state index is 12.3. The Morgan fingerprint density at radius 1 is 1.37 bits per heavy atom. The van der Waals surface area contributed by atoms with Crippen LogP contribution >= 0.6 is 0 Å². The van der Waals surface area contributed by atoms with Crippen LogP contribution in [0.3, 0.4) is 0 Å². The molecule has 7 heteroatoms. The van der Waals surface area contributed by atoms with Crippen LogP contribution in [0.15, 0.2) is 12.4 Å². The molecule has 0 unspecified atom stereocenters. The molecule has 0 saturated heterocycles. The van der Waals surface area contributed by atoms with Crippen LogP contribution in [0, 0.1) is 5.41 Å². The molecule has 0 aliphatic carbocycles. The molecule has 19 heavy (non-hydrogen) atoms. The maximum Gasteiger partial charge on any atom is 0.419 e. The fourth-order valence-electron chi connectivity index (χ4n) is 1.58. The summed E-state index contributed by atoms with van der Waals surface area (Å²) in [6, 6.07) is 0. The average molecular weight is 278 g/mol. The molecule has 108 valence electrons. The average Bonchev–Trinajstić information content (AvgIpc) is 2.72. The number of carbonyl (C=O) groups is 1. The first-order valence-electron chi connectivity index (χ1n) is 5.96. The summed E-state index contributed by atoms with van der Waals surface area (Å²) in [5.74, 6) is -0.869. The Morgan fingerprint density at radius 2 is 2.00 bits per heavy atom. The molecule has 1 rings (SSSR count). The molecule has 0 saturated carbocycles. The third kappa shape index (κ3) is 4.57. The monoisotopic (exact) mass is 278 g/mol. The fourth-order valence-corrected chi connectivity index (χ4v) is 1.58. The SMILES string of the molecule is CC(C)(CCCCn1cc(C(F)(F)F)cn1)C(=O)O. The molecule has 0 aromatic carbocycles. The van der Waals surface area contributed by atoms with E-state index in [1.54, 1.807) is 13.8 Å². The second kappa shape index (κ2) is 5.63. The Morgan fingerprint density at radius 3 is 2.47 bits per heavy atom. The summed E-state index contributed by atoms with van der Waals surface area (Å²) < 4.78 is 38.2. The molecular weight excluding hydrogens is 261 g/mol. The number of hydrogen-bond donors (Lipinski definition) is 1. The lowest BCUT2D eigenvalue weighted by Crippen LogP contribution is -2.23. The zero-order valence-corrected chi connectivity index (χ0v) is 10.9. The molecule has 1 N–H and O–H groups in total. The number of aliphatic carboxylic acids is 1. The van der Waals surface area contributed by atoms with Gasteiger partial charge in [-0.15, -0.1) is 0 Å². The summed E-state index contributed by atoms with van der Waals surface area (Å²) in [4.78, 5) is 10.9. The molecular formula is C12H17F3N2O2. The van der Waals surface area contributed by atoms with Crippen LogP contribution < -0.4 is 0 Å². The van der Waals surface area contributed by atoms with Crippen molar-refractivity contribution in [3.05, 3.63) is 18.0 Å². The molecule has 0 amide bonds. The second-order valence-corrected chi connectivity index (χ2v) is 5.14. The lowest BCUT2D eigenvalue weighted by molar-refractivity contribution is -0.147. The van der Waals surface area contributed by atoms with Gasteiger partial charge in [-0.1, -0.05) is 6.42 Å². The number of nitrogens with zero attached hydrogens (tertiary/aromatic N) is 2. The van der Waals surface area contributed by atoms with Crippen molar-refractivity contribution in [3.63, 3.8) is 0 Å². The second-order valence-electron chi connectivity index (χ2n) is 5.14. The highest BCUT2D eigenvalue weighted by atomic mass is 19.4. The van der Waals surface area contributed by atoms with Crippen molar-refractivity contribution in [1.29, 1.82) is 0 Å². The maximum absolute atomic E-state index is 12.3. The Hall–Kier alpha value is -1.53. The number of carboxylic acid groups (broad SMARTS) is 1. The van der Waals surface area contributed by atoms with Gasteiger partial charge < -0.3 is 5.11 Å². The highest BCUT2D eigenvalue weighted by Crippen LogP contribution is 2.28. The van der Waals surface area contributed by atoms with E-state index in [1.807, 2.05) is 0 Å². The lowest BCUT2D eigenvalue weighted by atomic mass is 9.87. The topological polar surface area (TPSA) is 55.1 Å². The minimum atomic E-state index is -4.37. The van der Waals surface area contributed by atoms with Gasteiger partial charge in [0.2, 0.25) is 0 Å². The van der Waals surface area contributed by atoms with E-state index >= 15 is 0 Å². The van der Waals surface area contributed by atoms with Crippen LogP contribution in [-0.4, -0.2) is 20.9 Å². The van der Waals surface area contributed by atoms with Gasteiger partial charge in [-0.25, -0.2) is 0 Å². The molecule has 0 fully saturated rings. The Bertz CT molecular complexity index is 438. The van der Waals surface area contributed by atoms with E-state index < -0.39 is 23.1 Å². The molecule has 0 aliphatic heterocycles. The Kier molecular flexibility index (Phi) is 4.60. The molecule has 0 radical (unpaired) electrons. The van der Waals surface area contributed by atoms with E-state index in [1.165, 1.54) is 4.68 Å². The predicted molar refractivity (Wildman–Crippen MR) is 62.5 cm³/mol. The third-order valence-corrected chi connectivity index (χ3v) is 2.98. The minimum Gasteiger partial charge on any atom is -0.481 e. The van der Waals surface area contributed by atoms with E-state index in [0.29, 0.717) is 25.8 Å². The number of alkyl halides is 3. The highest BCUT2D eigenvalue weighted by Gasteiger charge is 2.32. The van der Waals surface area contributed by atoms with E-state index in [9.17, 15) is 18.0 Å². The van der Waals surface area contributed by atoms with Gasteiger partial charge in [0.1, 0.15) is 0 Å².